The third kappa shape index (κ3) is 3.37. The number of fused-ring (bicyclic) bond motifs is 1. The van der Waals surface area contributed by atoms with Crippen LogP contribution in [0, 0.1) is 13.8 Å². The van der Waals surface area contributed by atoms with Crippen molar-refractivity contribution in [3.8, 4) is 0 Å². The van der Waals surface area contributed by atoms with Crippen molar-refractivity contribution >= 4 is 49.3 Å². The number of hydrogen-bond acceptors (Lipinski definition) is 5. The van der Waals surface area contributed by atoms with Gasteiger partial charge in [0, 0.05) is 29.0 Å². The monoisotopic (exact) mass is 447 g/mol. The molecule has 0 aliphatic heterocycles. The van der Waals surface area contributed by atoms with Gasteiger partial charge in [-0.05, 0) is 54.2 Å². The number of carbonyl (C=O) groups excluding carboxylic acids is 2. The maximum atomic E-state index is 12.6. The lowest BCUT2D eigenvalue weighted by Crippen LogP contribution is -2.42. The minimum absolute atomic E-state index is 0.357. The maximum absolute atomic E-state index is 12.6. The Labute approximate surface area is 168 Å². The molecule has 9 heteroatoms. The molecule has 0 unspecified atom stereocenters. The van der Waals surface area contributed by atoms with Gasteiger partial charge in [-0.2, -0.15) is 0 Å². The summed E-state index contributed by atoms with van der Waals surface area (Å²) in [6, 6.07) is 1.69. The van der Waals surface area contributed by atoms with Crippen LogP contribution in [-0.2, 0) is 7.05 Å². The lowest BCUT2D eigenvalue weighted by Gasteiger charge is -2.07. The Balaban J connectivity index is 1.55. The molecule has 3 aromatic rings. The second-order valence-corrected chi connectivity index (χ2v) is 8.66. The molecular weight excluding hydrogens is 430 g/mol. The van der Waals surface area contributed by atoms with Gasteiger partial charge in [-0.25, -0.2) is 9.97 Å². The zero-order valence-electron chi connectivity index (χ0n) is 15.1. The molecule has 3 heterocycles. The van der Waals surface area contributed by atoms with E-state index < -0.39 is 0 Å². The zero-order valence-corrected chi connectivity index (χ0v) is 17.5. The van der Waals surface area contributed by atoms with Crippen LogP contribution in [0.25, 0.3) is 10.2 Å². The van der Waals surface area contributed by atoms with Gasteiger partial charge in [-0.1, -0.05) is 0 Å². The minimum Gasteiger partial charge on any atom is -0.345 e. The van der Waals surface area contributed by atoms with Crippen LogP contribution in [0.2, 0.25) is 0 Å². The van der Waals surface area contributed by atoms with E-state index >= 15 is 0 Å². The van der Waals surface area contributed by atoms with Crippen molar-refractivity contribution in [3.63, 3.8) is 0 Å². The number of nitrogens with zero attached hydrogens (tertiary/aromatic N) is 3. The van der Waals surface area contributed by atoms with Gasteiger partial charge in [-0.3, -0.25) is 20.4 Å². The Kier molecular flexibility index (Phi) is 4.51. The molecular formula is C18H18BrN5O2S. The van der Waals surface area contributed by atoms with Gasteiger partial charge in [0.25, 0.3) is 11.8 Å². The van der Waals surface area contributed by atoms with Crippen LogP contribution in [0.15, 0.2) is 16.7 Å². The van der Waals surface area contributed by atoms with Gasteiger partial charge in [0.1, 0.15) is 16.3 Å². The number of aryl methyl sites for hydroxylation is 3. The standard InChI is InChI=1S/C18H18BrN5O2S/c1-8-13-9(2)20-15(10-4-5-10)21-18(13)27-14(8)17(26)23-22-16(25)12-6-11(19)7-24(12)3/h6-7,10H,4-5H2,1-3H3,(H,22,25)(H,23,26). The molecule has 0 spiro atoms. The Bertz CT molecular complexity index is 1080. The first-order chi connectivity index (χ1) is 12.8. The second kappa shape index (κ2) is 6.72. The van der Waals surface area contributed by atoms with Crippen LogP contribution >= 0.6 is 27.3 Å². The van der Waals surface area contributed by atoms with Gasteiger partial charge in [-0.15, -0.1) is 11.3 Å². The molecule has 0 aromatic carbocycles. The Morgan fingerprint density at radius 2 is 1.93 bits per heavy atom. The Morgan fingerprint density at radius 3 is 2.56 bits per heavy atom. The molecule has 3 aromatic heterocycles. The van der Waals surface area contributed by atoms with Crippen LogP contribution in [-0.4, -0.2) is 26.3 Å². The van der Waals surface area contributed by atoms with Crippen LogP contribution in [0.5, 0.6) is 0 Å². The van der Waals surface area contributed by atoms with Gasteiger partial charge in [0.05, 0.1) is 10.6 Å². The number of hydrazine groups is 1. The summed E-state index contributed by atoms with van der Waals surface area (Å²) in [5.74, 6) is 0.583. The molecule has 1 fully saturated rings. The van der Waals surface area contributed by atoms with E-state index in [4.69, 9.17) is 0 Å². The van der Waals surface area contributed by atoms with Gasteiger partial charge in [0.2, 0.25) is 0 Å². The SMILES string of the molecule is Cc1nc(C2CC2)nc2sc(C(=O)NNC(=O)c3cc(Br)cn3C)c(C)c12. The lowest BCUT2D eigenvalue weighted by atomic mass is 10.1. The summed E-state index contributed by atoms with van der Waals surface area (Å²) in [7, 11) is 1.76. The first-order valence-corrected chi connectivity index (χ1v) is 10.2. The zero-order chi connectivity index (χ0) is 19.3. The average molecular weight is 448 g/mol. The first kappa shape index (κ1) is 18.1. The van der Waals surface area contributed by atoms with Crippen molar-refractivity contribution in [2.75, 3.05) is 0 Å². The highest BCUT2D eigenvalue weighted by atomic mass is 79.9. The van der Waals surface area contributed by atoms with Gasteiger partial charge in [0.15, 0.2) is 0 Å². The fourth-order valence-corrected chi connectivity index (χ4v) is 4.74. The molecule has 27 heavy (non-hydrogen) atoms. The van der Waals surface area contributed by atoms with E-state index in [-0.39, 0.29) is 11.8 Å². The molecule has 0 bridgehead atoms. The summed E-state index contributed by atoms with van der Waals surface area (Å²) in [6.45, 7) is 3.84. The summed E-state index contributed by atoms with van der Waals surface area (Å²) >= 11 is 4.66. The molecule has 1 aliphatic carbocycles. The number of halogens is 1. The molecule has 1 aliphatic rings. The number of aromatic nitrogens is 3. The van der Waals surface area contributed by atoms with E-state index in [1.54, 1.807) is 23.9 Å². The van der Waals surface area contributed by atoms with Gasteiger partial charge < -0.3 is 4.57 Å². The van der Waals surface area contributed by atoms with Crippen molar-refractivity contribution in [2.45, 2.75) is 32.6 Å². The van der Waals surface area contributed by atoms with Crippen molar-refractivity contribution < 1.29 is 9.59 Å². The summed E-state index contributed by atoms with van der Waals surface area (Å²) < 4.78 is 2.47. The fourth-order valence-electron chi connectivity index (χ4n) is 3.08. The normalized spacial score (nSPS) is 13.8. The predicted molar refractivity (Wildman–Crippen MR) is 107 cm³/mol. The van der Waals surface area contributed by atoms with E-state index in [2.05, 4.69) is 36.7 Å². The van der Waals surface area contributed by atoms with E-state index in [0.717, 1.165) is 44.6 Å². The number of thiophene rings is 1. The quantitative estimate of drug-likeness (QED) is 0.602. The number of nitrogens with one attached hydrogen (secondary N) is 2. The van der Waals surface area contributed by atoms with E-state index in [9.17, 15) is 9.59 Å². The van der Waals surface area contributed by atoms with E-state index in [1.165, 1.54) is 11.3 Å². The Morgan fingerprint density at radius 1 is 1.22 bits per heavy atom. The summed E-state index contributed by atoms with van der Waals surface area (Å²) in [6.07, 6.45) is 4.03. The molecule has 7 nitrogen and oxygen atoms in total. The van der Waals surface area contributed by atoms with E-state index in [0.29, 0.717) is 16.5 Å². The summed E-state index contributed by atoms with van der Waals surface area (Å²) in [5, 5.41) is 0.923. The van der Waals surface area contributed by atoms with Crippen molar-refractivity contribution in [1.29, 1.82) is 0 Å². The predicted octanol–water partition coefficient (Wildman–Crippen LogP) is 3.36. The lowest BCUT2D eigenvalue weighted by molar-refractivity contribution is 0.0844. The molecule has 0 saturated heterocycles. The third-order valence-electron chi connectivity index (χ3n) is 4.63. The number of amides is 2. The van der Waals surface area contributed by atoms with Gasteiger partial charge >= 0.3 is 0 Å². The minimum atomic E-state index is -0.387. The summed E-state index contributed by atoms with van der Waals surface area (Å²) in [5.41, 5.74) is 7.14. The largest absolute Gasteiger partial charge is 0.345 e. The number of carbonyl (C=O) groups is 2. The molecule has 2 amide bonds. The molecule has 1 saturated carbocycles. The number of rotatable bonds is 3. The Hall–Kier alpha value is -2.26. The smallest absolute Gasteiger partial charge is 0.286 e. The van der Waals surface area contributed by atoms with Crippen LogP contribution < -0.4 is 10.9 Å². The molecule has 0 atom stereocenters. The summed E-state index contributed by atoms with van der Waals surface area (Å²) in [4.78, 5) is 35.5. The highest BCUT2D eigenvalue weighted by Crippen LogP contribution is 2.40. The third-order valence-corrected chi connectivity index (χ3v) is 6.25. The van der Waals surface area contributed by atoms with Crippen LogP contribution in [0.3, 0.4) is 0 Å². The maximum Gasteiger partial charge on any atom is 0.286 e. The molecule has 0 radical (unpaired) electrons. The second-order valence-electron chi connectivity index (χ2n) is 6.74. The topological polar surface area (TPSA) is 88.9 Å². The number of hydrogen-bond donors (Lipinski definition) is 2. The molecule has 140 valence electrons. The van der Waals surface area contributed by atoms with Crippen molar-refractivity contribution in [2.24, 2.45) is 7.05 Å². The van der Waals surface area contributed by atoms with Crippen LogP contribution in [0.4, 0.5) is 0 Å². The van der Waals surface area contributed by atoms with Crippen LogP contribution in [0.1, 0.15) is 56.0 Å². The average Bonchev–Trinajstić information content (AvgIpc) is 3.33. The highest BCUT2D eigenvalue weighted by Gasteiger charge is 2.28. The van der Waals surface area contributed by atoms with E-state index in [1.807, 2.05) is 13.8 Å². The first-order valence-electron chi connectivity index (χ1n) is 8.55. The molecule has 4 rings (SSSR count). The van der Waals surface area contributed by atoms with Crippen molar-refractivity contribution in [1.82, 2.24) is 25.4 Å². The highest BCUT2D eigenvalue weighted by molar-refractivity contribution is 9.10. The fraction of sp³-hybridized carbons (Fsp3) is 0.333. The molecule has 2 N–H and O–H groups in total. The van der Waals surface area contributed by atoms with Crippen molar-refractivity contribution in [3.05, 3.63) is 44.4 Å².